The summed E-state index contributed by atoms with van der Waals surface area (Å²) in [6.45, 7) is 2.45. The summed E-state index contributed by atoms with van der Waals surface area (Å²) in [4.78, 5) is 13.8. The first kappa shape index (κ1) is 18.3. The van der Waals surface area contributed by atoms with Crippen LogP contribution in [0.5, 0.6) is 0 Å². The van der Waals surface area contributed by atoms with Gasteiger partial charge in [0.2, 0.25) is 0 Å². The Hall–Kier alpha value is -2.47. The van der Waals surface area contributed by atoms with Gasteiger partial charge in [-0.3, -0.25) is 0 Å². The third kappa shape index (κ3) is 3.85. The topological polar surface area (TPSA) is 49.8 Å². The molecule has 0 spiro atoms. The van der Waals surface area contributed by atoms with Gasteiger partial charge < -0.3 is 14.7 Å². The number of benzene rings is 2. The van der Waals surface area contributed by atoms with E-state index in [0.29, 0.717) is 30.5 Å². The molecule has 26 heavy (non-hydrogen) atoms. The fraction of sp³-hybridized carbons (Fsp3) is 0.350. The van der Waals surface area contributed by atoms with Gasteiger partial charge in [0, 0.05) is 37.6 Å². The van der Waals surface area contributed by atoms with Gasteiger partial charge >= 0.3 is 6.09 Å². The van der Waals surface area contributed by atoms with Crippen molar-refractivity contribution in [3.05, 3.63) is 59.7 Å². The van der Waals surface area contributed by atoms with Crippen molar-refractivity contribution in [2.24, 2.45) is 0 Å². The van der Waals surface area contributed by atoms with Gasteiger partial charge in [-0.15, -0.1) is 0 Å². The van der Waals surface area contributed by atoms with Crippen molar-refractivity contribution in [1.29, 1.82) is 0 Å². The summed E-state index contributed by atoms with van der Waals surface area (Å²) >= 11 is 0. The van der Waals surface area contributed by atoms with Crippen LogP contribution >= 0.6 is 0 Å². The fourth-order valence-corrected chi connectivity index (χ4v) is 3.19. The number of hydrogen-bond donors (Lipinski definition) is 1. The number of halogens is 2. The van der Waals surface area contributed by atoms with Gasteiger partial charge in [0.1, 0.15) is 17.7 Å². The molecule has 1 heterocycles. The highest BCUT2D eigenvalue weighted by molar-refractivity contribution is 5.69. The number of nitrogens with zero attached hydrogens (tertiary/aromatic N) is 1. The van der Waals surface area contributed by atoms with Crippen molar-refractivity contribution < 1.29 is 23.4 Å². The predicted octanol–water partition coefficient (Wildman–Crippen LogP) is 4.29. The molecule has 1 amide bonds. The second-order valence-corrected chi connectivity index (χ2v) is 6.42. The Labute approximate surface area is 151 Å². The highest BCUT2D eigenvalue weighted by atomic mass is 19.1. The lowest BCUT2D eigenvalue weighted by Gasteiger charge is -2.35. The Morgan fingerprint density at radius 3 is 2.58 bits per heavy atom. The summed E-state index contributed by atoms with van der Waals surface area (Å²) < 4.78 is 32.3. The van der Waals surface area contributed by atoms with Crippen LogP contribution in [0, 0.1) is 11.6 Å². The van der Waals surface area contributed by atoms with Crippen LogP contribution in [-0.4, -0.2) is 35.4 Å². The Kier molecular flexibility index (Phi) is 5.52. The Morgan fingerprint density at radius 2 is 1.96 bits per heavy atom. The zero-order valence-electron chi connectivity index (χ0n) is 14.5. The minimum atomic E-state index is -0.611. The third-order valence-corrected chi connectivity index (χ3v) is 4.75. The second-order valence-electron chi connectivity index (χ2n) is 6.42. The molecular weight excluding hydrogens is 340 g/mol. The number of ether oxygens (including phenoxy) is 1. The largest absolute Gasteiger partial charge is 0.446 e. The summed E-state index contributed by atoms with van der Waals surface area (Å²) in [5.41, 5.74) is 1.87. The van der Waals surface area contributed by atoms with E-state index in [9.17, 15) is 13.6 Å². The van der Waals surface area contributed by atoms with Crippen molar-refractivity contribution in [2.45, 2.75) is 31.9 Å². The number of rotatable bonds is 5. The molecule has 0 saturated carbocycles. The maximum Gasteiger partial charge on any atom is 0.410 e. The van der Waals surface area contributed by atoms with Crippen molar-refractivity contribution >= 4 is 6.09 Å². The molecule has 1 fully saturated rings. The minimum Gasteiger partial charge on any atom is -0.446 e. The van der Waals surface area contributed by atoms with Gasteiger partial charge in [-0.25, -0.2) is 13.6 Å². The highest BCUT2D eigenvalue weighted by Crippen LogP contribution is 2.29. The molecule has 138 valence electrons. The zero-order valence-corrected chi connectivity index (χ0v) is 14.5. The van der Waals surface area contributed by atoms with Crippen molar-refractivity contribution in [1.82, 2.24) is 4.90 Å². The number of carbonyl (C=O) groups excluding carboxylic acids is 1. The van der Waals surface area contributed by atoms with E-state index in [-0.39, 0.29) is 18.8 Å². The van der Waals surface area contributed by atoms with Crippen LogP contribution in [0.25, 0.3) is 11.1 Å². The normalized spacial score (nSPS) is 18.5. The Bertz CT molecular complexity index is 779. The standard InChI is InChI=1S/C20H21F2NO3/c1-13(23-10-8-17(9-11-24)26-20(23)25)14-2-4-15(5-3-14)18-7-6-16(21)12-19(18)22/h2-7,12-13,17,24H,8-11H2,1H3. The van der Waals surface area contributed by atoms with E-state index in [1.807, 2.05) is 19.1 Å². The van der Waals surface area contributed by atoms with Gasteiger partial charge in [0.25, 0.3) is 0 Å². The Balaban J connectivity index is 1.73. The maximum atomic E-state index is 13.9. The summed E-state index contributed by atoms with van der Waals surface area (Å²) in [6.07, 6.45) is 0.497. The van der Waals surface area contributed by atoms with Crippen LogP contribution < -0.4 is 0 Å². The fourth-order valence-electron chi connectivity index (χ4n) is 3.19. The second kappa shape index (κ2) is 7.83. The molecule has 0 bridgehead atoms. The molecule has 1 saturated heterocycles. The molecule has 1 aliphatic heterocycles. The van der Waals surface area contributed by atoms with Crippen molar-refractivity contribution in [3.8, 4) is 11.1 Å². The SMILES string of the molecule is CC(c1ccc(-c2ccc(F)cc2F)cc1)N1CCC(CCO)OC1=O. The molecule has 1 aliphatic rings. The van der Waals surface area contributed by atoms with Gasteiger partial charge in [0.15, 0.2) is 0 Å². The summed E-state index contributed by atoms with van der Waals surface area (Å²) in [6, 6.07) is 10.5. The van der Waals surface area contributed by atoms with E-state index in [4.69, 9.17) is 9.84 Å². The smallest absolute Gasteiger partial charge is 0.410 e. The first-order chi connectivity index (χ1) is 12.5. The van der Waals surface area contributed by atoms with Crippen LogP contribution in [0.2, 0.25) is 0 Å². The number of amides is 1. The van der Waals surface area contributed by atoms with Crippen LogP contribution in [0.1, 0.15) is 31.4 Å². The first-order valence-corrected chi connectivity index (χ1v) is 8.63. The van der Waals surface area contributed by atoms with Gasteiger partial charge in [-0.1, -0.05) is 24.3 Å². The Morgan fingerprint density at radius 1 is 1.23 bits per heavy atom. The lowest BCUT2D eigenvalue weighted by Crippen LogP contribution is -2.43. The highest BCUT2D eigenvalue weighted by Gasteiger charge is 2.30. The summed E-state index contributed by atoms with van der Waals surface area (Å²) in [7, 11) is 0. The number of carbonyl (C=O) groups is 1. The monoisotopic (exact) mass is 361 g/mol. The number of cyclic esters (lactones) is 1. The van der Waals surface area contributed by atoms with E-state index in [1.165, 1.54) is 12.1 Å². The van der Waals surface area contributed by atoms with Crippen LogP contribution in [-0.2, 0) is 4.74 Å². The maximum absolute atomic E-state index is 13.9. The summed E-state index contributed by atoms with van der Waals surface area (Å²) in [5.74, 6) is -1.22. The van der Waals surface area contributed by atoms with E-state index < -0.39 is 17.7 Å². The molecule has 0 aromatic heterocycles. The molecule has 4 nitrogen and oxygen atoms in total. The quantitative estimate of drug-likeness (QED) is 0.864. The molecule has 3 rings (SSSR count). The molecule has 2 aromatic carbocycles. The van der Waals surface area contributed by atoms with Crippen molar-refractivity contribution in [3.63, 3.8) is 0 Å². The average molecular weight is 361 g/mol. The van der Waals surface area contributed by atoms with Crippen LogP contribution in [0.15, 0.2) is 42.5 Å². The lowest BCUT2D eigenvalue weighted by molar-refractivity contribution is 0.00401. The van der Waals surface area contributed by atoms with Crippen LogP contribution in [0.4, 0.5) is 13.6 Å². The van der Waals surface area contributed by atoms with Gasteiger partial charge in [0.05, 0.1) is 6.04 Å². The molecular formula is C20H21F2NO3. The molecule has 0 aliphatic carbocycles. The van der Waals surface area contributed by atoms with Gasteiger partial charge in [-0.05, 0) is 30.2 Å². The summed E-state index contributed by atoms with van der Waals surface area (Å²) in [5, 5.41) is 8.96. The first-order valence-electron chi connectivity index (χ1n) is 8.63. The predicted molar refractivity (Wildman–Crippen MR) is 93.5 cm³/mol. The van der Waals surface area contributed by atoms with Crippen molar-refractivity contribution in [2.75, 3.05) is 13.2 Å². The molecule has 0 radical (unpaired) electrons. The molecule has 2 unspecified atom stereocenters. The van der Waals surface area contributed by atoms with E-state index in [0.717, 1.165) is 11.6 Å². The third-order valence-electron chi connectivity index (χ3n) is 4.75. The molecule has 2 atom stereocenters. The molecule has 1 N–H and O–H groups in total. The van der Waals surface area contributed by atoms with Gasteiger partial charge in [-0.2, -0.15) is 0 Å². The molecule has 2 aromatic rings. The van der Waals surface area contributed by atoms with E-state index >= 15 is 0 Å². The average Bonchev–Trinajstić information content (AvgIpc) is 2.62. The zero-order chi connectivity index (χ0) is 18.7. The molecule has 6 heteroatoms. The number of hydrogen-bond acceptors (Lipinski definition) is 3. The minimum absolute atomic E-state index is 0.00505. The lowest BCUT2D eigenvalue weighted by atomic mass is 10.00. The van der Waals surface area contributed by atoms with E-state index in [2.05, 4.69) is 0 Å². The number of aliphatic hydroxyl groups excluding tert-OH is 1. The number of aliphatic hydroxyl groups is 1. The van der Waals surface area contributed by atoms with Crippen LogP contribution in [0.3, 0.4) is 0 Å². The van der Waals surface area contributed by atoms with E-state index in [1.54, 1.807) is 17.0 Å².